The Bertz CT molecular complexity index is 926. The number of anilines is 1. The minimum Gasteiger partial charge on any atom is -0.368 e. The Balaban J connectivity index is 1.79. The number of carbonyl (C=O) groups is 1. The second-order valence-corrected chi connectivity index (χ2v) is 6.96. The summed E-state index contributed by atoms with van der Waals surface area (Å²) in [6.07, 6.45) is 4.78. The molecule has 0 radical (unpaired) electrons. The molecule has 1 aromatic carbocycles. The summed E-state index contributed by atoms with van der Waals surface area (Å²) < 4.78 is 0. The molecule has 3 rings (SSSR count). The van der Waals surface area contributed by atoms with Crippen molar-refractivity contribution in [3.05, 3.63) is 65.1 Å². The zero-order valence-electron chi connectivity index (χ0n) is 16.1. The minimum absolute atomic E-state index is 0.0473. The summed E-state index contributed by atoms with van der Waals surface area (Å²) >= 11 is 5.87. The lowest BCUT2D eigenvalue weighted by Gasteiger charge is -2.29. The quantitative estimate of drug-likeness (QED) is 0.658. The summed E-state index contributed by atoms with van der Waals surface area (Å²) in [6.45, 7) is 7.08. The van der Waals surface area contributed by atoms with Crippen molar-refractivity contribution >= 4 is 23.3 Å². The van der Waals surface area contributed by atoms with Gasteiger partial charge >= 0.3 is 0 Å². The van der Waals surface area contributed by atoms with Crippen molar-refractivity contribution in [2.45, 2.75) is 26.8 Å². The van der Waals surface area contributed by atoms with Crippen LogP contribution in [0.4, 0.5) is 5.82 Å². The molecule has 0 aliphatic carbocycles. The van der Waals surface area contributed by atoms with Gasteiger partial charge in [-0.1, -0.05) is 23.2 Å². The van der Waals surface area contributed by atoms with Gasteiger partial charge in [-0.2, -0.15) is 15.0 Å². The smallest absolute Gasteiger partial charge is 0.256 e. The summed E-state index contributed by atoms with van der Waals surface area (Å²) in [5.74, 6) is 0.661. The molecular formula is C20H23ClN6O. The van der Waals surface area contributed by atoms with Gasteiger partial charge in [0.2, 0.25) is 0 Å². The van der Waals surface area contributed by atoms with Crippen LogP contribution in [0.1, 0.15) is 29.8 Å². The average molecular weight is 399 g/mol. The van der Waals surface area contributed by atoms with E-state index in [1.165, 1.54) is 4.80 Å². The second-order valence-electron chi connectivity index (χ2n) is 6.52. The van der Waals surface area contributed by atoms with E-state index in [4.69, 9.17) is 11.6 Å². The first kappa shape index (κ1) is 19.8. The first-order chi connectivity index (χ1) is 13.5. The predicted molar refractivity (Wildman–Crippen MR) is 110 cm³/mol. The maximum atomic E-state index is 13.3. The number of benzene rings is 1. The average Bonchev–Trinajstić information content (AvgIpc) is 3.22. The van der Waals surface area contributed by atoms with E-state index in [2.05, 4.69) is 20.5 Å². The maximum Gasteiger partial charge on any atom is 0.256 e. The van der Waals surface area contributed by atoms with Crippen molar-refractivity contribution in [3.8, 4) is 5.69 Å². The molecule has 2 aromatic heterocycles. The number of rotatable bonds is 7. The van der Waals surface area contributed by atoms with Crippen LogP contribution in [0.2, 0.25) is 5.02 Å². The minimum atomic E-state index is -0.0585. The number of hydrogen-bond donors (Lipinski definition) is 1. The largest absolute Gasteiger partial charge is 0.368 e. The van der Waals surface area contributed by atoms with Crippen molar-refractivity contribution in [1.29, 1.82) is 0 Å². The third kappa shape index (κ3) is 4.48. The van der Waals surface area contributed by atoms with Crippen LogP contribution in [-0.4, -0.2) is 49.9 Å². The van der Waals surface area contributed by atoms with Crippen LogP contribution < -0.4 is 5.32 Å². The number of halogens is 1. The molecule has 8 heteroatoms. The standard InChI is InChI=1S/C20H23ClN6O/c1-4-26(15(3)12-22-19-8-6-16(21)13-23-19)20(28)17-11-14(2)5-7-18(17)27-24-9-10-25-27/h5-11,13,15H,4,12H2,1-3H3,(H,22,23)/t15-/m0/s1. The Hall–Kier alpha value is -2.93. The van der Waals surface area contributed by atoms with Gasteiger partial charge in [0, 0.05) is 25.3 Å². The lowest BCUT2D eigenvalue weighted by Crippen LogP contribution is -2.42. The molecule has 7 nitrogen and oxygen atoms in total. The fourth-order valence-corrected chi connectivity index (χ4v) is 3.10. The Morgan fingerprint density at radius 2 is 2.00 bits per heavy atom. The van der Waals surface area contributed by atoms with Crippen LogP contribution >= 0.6 is 11.6 Å². The molecule has 1 atom stereocenters. The van der Waals surface area contributed by atoms with Gasteiger partial charge < -0.3 is 10.2 Å². The predicted octanol–water partition coefficient (Wildman–Crippen LogP) is 3.59. The molecule has 2 heterocycles. The molecule has 0 bridgehead atoms. The number of pyridine rings is 1. The van der Waals surface area contributed by atoms with E-state index in [0.717, 1.165) is 11.4 Å². The molecule has 0 spiro atoms. The molecule has 3 aromatic rings. The van der Waals surface area contributed by atoms with Crippen molar-refractivity contribution in [3.63, 3.8) is 0 Å². The second kappa shape index (κ2) is 8.84. The molecule has 0 unspecified atom stereocenters. The zero-order valence-corrected chi connectivity index (χ0v) is 16.9. The fourth-order valence-electron chi connectivity index (χ4n) is 2.99. The molecule has 146 valence electrons. The number of aryl methyl sites for hydroxylation is 1. The zero-order chi connectivity index (χ0) is 20.1. The van der Waals surface area contributed by atoms with E-state index < -0.39 is 0 Å². The highest BCUT2D eigenvalue weighted by Crippen LogP contribution is 2.19. The third-order valence-corrected chi connectivity index (χ3v) is 4.68. The molecule has 0 saturated carbocycles. The first-order valence-corrected chi connectivity index (χ1v) is 9.51. The van der Waals surface area contributed by atoms with Gasteiger partial charge in [0.15, 0.2) is 0 Å². The van der Waals surface area contributed by atoms with Gasteiger partial charge in [0.05, 0.1) is 28.7 Å². The third-order valence-electron chi connectivity index (χ3n) is 4.46. The Morgan fingerprint density at radius 1 is 1.25 bits per heavy atom. The summed E-state index contributed by atoms with van der Waals surface area (Å²) in [7, 11) is 0. The molecule has 0 aliphatic rings. The lowest BCUT2D eigenvalue weighted by molar-refractivity contribution is 0.0712. The molecule has 0 saturated heterocycles. The number of aromatic nitrogens is 4. The highest BCUT2D eigenvalue weighted by Gasteiger charge is 2.23. The van der Waals surface area contributed by atoms with Crippen molar-refractivity contribution in [2.75, 3.05) is 18.4 Å². The molecule has 0 fully saturated rings. The number of amides is 1. The van der Waals surface area contributed by atoms with E-state index in [0.29, 0.717) is 29.4 Å². The van der Waals surface area contributed by atoms with E-state index in [1.54, 1.807) is 24.7 Å². The maximum absolute atomic E-state index is 13.3. The summed E-state index contributed by atoms with van der Waals surface area (Å²) in [6, 6.07) is 9.24. The first-order valence-electron chi connectivity index (χ1n) is 9.13. The van der Waals surface area contributed by atoms with Crippen LogP contribution in [0.15, 0.2) is 48.9 Å². The SMILES string of the molecule is CCN(C(=O)c1cc(C)ccc1-n1nccn1)[C@@H](C)CNc1ccc(Cl)cn1. The van der Waals surface area contributed by atoms with Crippen LogP contribution in [-0.2, 0) is 0 Å². The lowest BCUT2D eigenvalue weighted by atomic mass is 10.1. The van der Waals surface area contributed by atoms with Crippen molar-refractivity contribution < 1.29 is 4.79 Å². The monoisotopic (exact) mass is 398 g/mol. The highest BCUT2D eigenvalue weighted by atomic mass is 35.5. The van der Waals surface area contributed by atoms with Crippen molar-refractivity contribution in [2.24, 2.45) is 0 Å². The van der Waals surface area contributed by atoms with Gasteiger partial charge in [0.25, 0.3) is 5.91 Å². The number of nitrogens with one attached hydrogen (secondary N) is 1. The molecule has 28 heavy (non-hydrogen) atoms. The van der Waals surface area contributed by atoms with Crippen LogP contribution in [0.25, 0.3) is 5.69 Å². The van der Waals surface area contributed by atoms with Crippen LogP contribution in [0, 0.1) is 6.92 Å². The van der Waals surface area contributed by atoms with E-state index in [-0.39, 0.29) is 11.9 Å². The van der Waals surface area contributed by atoms with Crippen LogP contribution in [0.5, 0.6) is 0 Å². The van der Waals surface area contributed by atoms with E-state index >= 15 is 0 Å². The number of likely N-dealkylation sites (N-methyl/N-ethyl adjacent to an activating group) is 1. The molecule has 1 N–H and O–H groups in total. The Morgan fingerprint density at radius 3 is 2.64 bits per heavy atom. The Kier molecular flexibility index (Phi) is 6.26. The van der Waals surface area contributed by atoms with E-state index in [9.17, 15) is 4.79 Å². The summed E-state index contributed by atoms with van der Waals surface area (Å²) in [4.78, 5) is 20.9. The number of hydrogen-bond acceptors (Lipinski definition) is 5. The number of nitrogens with zero attached hydrogens (tertiary/aromatic N) is 5. The normalized spacial score (nSPS) is 11.9. The van der Waals surface area contributed by atoms with Gasteiger partial charge in [-0.05, 0) is 45.0 Å². The number of carbonyl (C=O) groups excluding carboxylic acids is 1. The van der Waals surface area contributed by atoms with Crippen molar-refractivity contribution in [1.82, 2.24) is 24.9 Å². The van der Waals surface area contributed by atoms with Gasteiger partial charge in [-0.3, -0.25) is 4.79 Å². The molecular weight excluding hydrogens is 376 g/mol. The van der Waals surface area contributed by atoms with Gasteiger partial charge in [0.1, 0.15) is 5.82 Å². The highest BCUT2D eigenvalue weighted by molar-refractivity contribution is 6.30. The Labute approximate surface area is 169 Å². The van der Waals surface area contributed by atoms with Crippen LogP contribution in [0.3, 0.4) is 0 Å². The molecule has 0 aliphatic heterocycles. The van der Waals surface area contributed by atoms with Gasteiger partial charge in [-0.25, -0.2) is 4.98 Å². The topological polar surface area (TPSA) is 75.9 Å². The summed E-state index contributed by atoms with van der Waals surface area (Å²) in [5.41, 5.74) is 2.25. The fraction of sp³-hybridized carbons (Fsp3) is 0.300. The summed E-state index contributed by atoms with van der Waals surface area (Å²) in [5, 5.41) is 12.2. The van der Waals surface area contributed by atoms with E-state index in [1.807, 2.05) is 49.9 Å². The van der Waals surface area contributed by atoms with Gasteiger partial charge in [-0.15, -0.1) is 0 Å². The molecule has 1 amide bonds.